The Hall–Kier alpha value is -1.93. The van der Waals surface area contributed by atoms with Gasteiger partial charge in [0, 0.05) is 13.1 Å². The molecule has 0 saturated carbocycles. The van der Waals surface area contributed by atoms with E-state index >= 15 is 0 Å². The summed E-state index contributed by atoms with van der Waals surface area (Å²) >= 11 is 1.30. The van der Waals surface area contributed by atoms with Crippen LogP contribution in [0.3, 0.4) is 0 Å². The number of thioether (sulfide) groups is 1. The Bertz CT molecular complexity index is 636. The van der Waals surface area contributed by atoms with Gasteiger partial charge in [0.05, 0.1) is 4.91 Å². The molecule has 1 aliphatic carbocycles. The monoisotopic (exact) mass is 323 g/mol. The maximum Gasteiger partial charge on any atom is 0.274 e. The predicted molar refractivity (Wildman–Crippen MR) is 82.0 cm³/mol. The van der Waals surface area contributed by atoms with Gasteiger partial charge in [-0.3, -0.25) is 14.4 Å². The third-order valence-electron chi connectivity index (χ3n) is 3.18. The van der Waals surface area contributed by atoms with Gasteiger partial charge >= 0.3 is 0 Å². The number of carbonyl (C=O) groups is 3. The van der Waals surface area contributed by atoms with E-state index in [1.807, 2.05) is 0 Å². The van der Waals surface area contributed by atoms with E-state index in [9.17, 15) is 14.4 Å². The van der Waals surface area contributed by atoms with E-state index in [1.165, 1.54) is 24.9 Å². The quantitative estimate of drug-likeness (QED) is 0.723. The van der Waals surface area contributed by atoms with Gasteiger partial charge in [-0.15, -0.1) is 11.8 Å². The first-order chi connectivity index (χ1) is 10.6. The van der Waals surface area contributed by atoms with Crippen molar-refractivity contribution in [2.45, 2.75) is 19.3 Å². The maximum absolute atomic E-state index is 12.4. The number of hydrogen-bond donors (Lipinski definition) is 2. The van der Waals surface area contributed by atoms with Gasteiger partial charge in [0.25, 0.3) is 5.91 Å². The molecule has 0 bridgehead atoms. The number of nitrogens with two attached hydrogens (primary N) is 1. The number of ketones is 2. The van der Waals surface area contributed by atoms with Crippen LogP contribution in [0.25, 0.3) is 0 Å². The second-order valence-corrected chi connectivity index (χ2v) is 5.85. The highest BCUT2D eigenvalue weighted by atomic mass is 32.2. The van der Waals surface area contributed by atoms with Gasteiger partial charge in [0.15, 0.2) is 5.69 Å². The lowest BCUT2D eigenvalue weighted by Crippen LogP contribution is -2.23. The summed E-state index contributed by atoms with van der Waals surface area (Å²) in [6.45, 7) is 0.643. The van der Waals surface area contributed by atoms with Gasteiger partial charge < -0.3 is 15.6 Å². The number of carbonyl (C=O) groups excluding carboxylic acids is 3. The van der Waals surface area contributed by atoms with Crippen molar-refractivity contribution >= 4 is 29.2 Å². The molecule has 0 saturated heterocycles. The average molecular weight is 323 g/mol. The Morgan fingerprint density at radius 1 is 1.36 bits per heavy atom. The lowest BCUT2D eigenvalue weighted by Gasteiger charge is -2.10. The topological polar surface area (TPSA) is 115 Å². The van der Waals surface area contributed by atoms with E-state index in [0.717, 1.165) is 19.3 Å². The van der Waals surface area contributed by atoms with Gasteiger partial charge in [0.1, 0.15) is 5.56 Å². The van der Waals surface area contributed by atoms with Crippen LogP contribution in [0.15, 0.2) is 15.5 Å². The van der Waals surface area contributed by atoms with Crippen molar-refractivity contribution in [1.82, 2.24) is 10.5 Å². The first kappa shape index (κ1) is 16.4. The molecule has 1 heterocycles. The molecule has 118 valence electrons. The van der Waals surface area contributed by atoms with Crippen LogP contribution in [0.4, 0.5) is 0 Å². The number of allylic oxidation sites excluding steroid dienone is 2. The van der Waals surface area contributed by atoms with Gasteiger partial charge in [-0.25, -0.2) is 0 Å². The molecule has 22 heavy (non-hydrogen) atoms. The fourth-order valence-electron chi connectivity index (χ4n) is 2.03. The molecule has 1 aromatic rings. The van der Waals surface area contributed by atoms with Crippen LogP contribution in [0, 0.1) is 0 Å². The number of nitrogens with one attached hydrogen (secondary N) is 1. The number of hydrogen-bond acceptors (Lipinski definition) is 7. The highest BCUT2D eigenvalue weighted by Gasteiger charge is 2.35. The third-order valence-corrected chi connectivity index (χ3v) is 4.28. The molecule has 0 aliphatic heterocycles. The van der Waals surface area contributed by atoms with Crippen molar-refractivity contribution in [2.24, 2.45) is 5.73 Å². The summed E-state index contributed by atoms with van der Waals surface area (Å²) < 4.78 is 4.85. The number of fused-ring (bicyclic) bond motifs is 1. The Labute approximate surface area is 131 Å². The first-order valence-corrected chi connectivity index (χ1v) is 7.94. The van der Waals surface area contributed by atoms with Crippen LogP contribution in [-0.2, 0) is 0 Å². The van der Waals surface area contributed by atoms with Gasteiger partial charge in [-0.05, 0) is 25.1 Å². The number of amides is 1. The molecular weight excluding hydrogens is 306 g/mol. The Balaban J connectivity index is 2.13. The zero-order valence-corrected chi connectivity index (χ0v) is 13.0. The average Bonchev–Trinajstić information content (AvgIpc) is 2.96. The molecular formula is C14H17N3O4S. The van der Waals surface area contributed by atoms with E-state index in [0.29, 0.717) is 17.2 Å². The van der Waals surface area contributed by atoms with E-state index in [-0.39, 0.29) is 17.0 Å². The summed E-state index contributed by atoms with van der Waals surface area (Å²) in [5.74, 6) is -0.850. The molecule has 0 spiro atoms. The van der Waals surface area contributed by atoms with Crippen molar-refractivity contribution in [3.05, 3.63) is 28.0 Å². The summed E-state index contributed by atoms with van der Waals surface area (Å²) in [7, 11) is 1.42. The van der Waals surface area contributed by atoms with Crippen molar-refractivity contribution in [3.63, 3.8) is 0 Å². The normalized spacial score (nSPS) is 13.8. The second kappa shape index (κ2) is 7.37. The number of unbranched alkanes of at least 4 members (excludes halogenated alkanes) is 2. The number of aromatic nitrogens is 1. The van der Waals surface area contributed by atoms with E-state index in [1.54, 1.807) is 0 Å². The first-order valence-electron chi connectivity index (χ1n) is 6.95. The molecule has 0 unspecified atom stereocenters. The lowest BCUT2D eigenvalue weighted by molar-refractivity contribution is 0.0944. The zero-order chi connectivity index (χ0) is 16.1. The van der Waals surface area contributed by atoms with E-state index in [4.69, 9.17) is 10.3 Å². The number of Topliss-reactive ketones (excluding diaryl/α,β-unsaturated/α-hetero) is 1. The molecule has 8 heteroatoms. The van der Waals surface area contributed by atoms with E-state index in [2.05, 4.69) is 10.5 Å². The smallest absolute Gasteiger partial charge is 0.274 e. The molecule has 0 atom stereocenters. The van der Waals surface area contributed by atoms with E-state index < -0.39 is 17.5 Å². The molecule has 3 N–H and O–H groups in total. The Morgan fingerprint density at radius 3 is 2.82 bits per heavy atom. The van der Waals surface area contributed by atoms with Crippen molar-refractivity contribution in [3.8, 4) is 0 Å². The summed E-state index contributed by atoms with van der Waals surface area (Å²) in [5, 5.41) is 5.91. The second-order valence-electron chi connectivity index (χ2n) is 4.71. The van der Waals surface area contributed by atoms with Crippen molar-refractivity contribution < 1.29 is 18.9 Å². The van der Waals surface area contributed by atoms with Crippen molar-refractivity contribution in [2.75, 3.05) is 19.3 Å². The van der Waals surface area contributed by atoms with Crippen LogP contribution >= 0.6 is 11.8 Å². The van der Waals surface area contributed by atoms with Gasteiger partial charge in [0.2, 0.25) is 17.3 Å². The summed E-state index contributed by atoms with van der Waals surface area (Å²) in [6.07, 6.45) is 4.06. The van der Waals surface area contributed by atoms with Crippen LogP contribution < -0.4 is 11.1 Å². The predicted octanol–water partition coefficient (Wildman–Crippen LogP) is 1.16. The standard InChI is InChI=1S/C14H17N3O4S/c1-16-14(20)11-10-12(19)9(22-6-4-2-3-5-15)7-8(18)13(10)21-17-11/h7H,2-6,15H2,1H3,(H,16,20). The molecule has 1 aromatic heterocycles. The molecule has 2 rings (SSSR count). The minimum Gasteiger partial charge on any atom is -0.354 e. The van der Waals surface area contributed by atoms with Crippen LogP contribution in [0.5, 0.6) is 0 Å². The minimum absolute atomic E-state index is 0.0451. The zero-order valence-electron chi connectivity index (χ0n) is 12.2. The highest BCUT2D eigenvalue weighted by Crippen LogP contribution is 2.30. The molecule has 1 aliphatic rings. The SMILES string of the molecule is CNC(=O)c1noc2c1C(=O)C(SCCCCCN)=CC2=O. The Morgan fingerprint density at radius 2 is 2.14 bits per heavy atom. The molecule has 0 aromatic carbocycles. The number of rotatable bonds is 7. The minimum atomic E-state index is -0.555. The van der Waals surface area contributed by atoms with Crippen LogP contribution in [0.1, 0.15) is 50.7 Å². The van der Waals surface area contributed by atoms with Crippen LogP contribution in [0.2, 0.25) is 0 Å². The molecule has 0 radical (unpaired) electrons. The summed E-state index contributed by atoms with van der Waals surface area (Å²) in [4.78, 5) is 36.4. The third kappa shape index (κ3) is 3.28. The Kier molecular flexibility index (Phi) is 5.51. The fourth-order valence-corrected chi connectivity index (χ4v) is 3.02. The molecule has 1 amide bonds. The lowest BCUT2D eigenvalue weighted by atomic mass is 10.00. The highest BCUT2D eigenvalue weighted by molar-refractivity contribution is 8.04. The van der Waals surface area contributed by atoms with Gasteiger partial charge in [-0.1, -0.05) is 11.6 Å². The number of nitrogens with zero attached hydrogens (tertiary/aromatic N) is 1. The fraction of sp³-hybridized carbons (Fsp3) is 0.429. The molecule has 0 fully saturated rings. The van der Waals surface area contributed by atoms with Crippen molar-refractivity contribution in [1.29, 1.82) is 0 Å². The largest absolute Gasteiger partial charge is 0.354 e. The summed E-state index contributed by atoms with van der Waals surface area (Å²) in [5.41, 5.74) is 5.23. The molecule has 7 nitrogen and oxygen atoms in total. The van der Waals surface area contributed by atoms with Crippen LogP contribution in [-0.4, -0.2) is 42.0 Å². The maximum atomic E-state index is 12.4. The van der Waals surface area contributed by atoms with Gasteiger partial charge in [-0.2, -0.15) is 0 Å². The summed E-state index contributed by atoms with van der Waals surface area (Å²) in [6, 6.07) is 0.